The lowest BCUT2D eigenvalue weighted by atomic mass is 9.92. The number of nitrogens with one attached hydrogen (secondary N) is 1. The quantitative estimate of drug-likeness (QED) is 0.245. The zero-order chi connectivity index (χ0) is 21.4. The predicted octanol–water partition coefficient (Wildman–Crippen LogP) is 6.39. The lowest BCUT2D eigenvalue weighted by molar-refractivity contribution is -0.388. The molecule has 2 rings (SSSR count). The van der Waals surface area contributed by atoms with Gasteiger partial charge in [-0.3, -0.25) is 10.1 Å². The van der Waals surface area contributed by atoms with Crippen molar-refractivity contribution in [3.05, 3.63) is 70.0 Å². The molecule has 158 valence electrons. The maximum absolute atomic E-state index is 13.1. The van der Waals surface area contributed by atoms with Crippen molar-refractivity contribution in [2.45, 2.75) is 57.9 Å². The predicted molar refractivity (Wildman–Crippen MR) is 107 cm³/mol. The standard InChI is InChI=1S/C21H25F3N2O3/c1-3-4-5-6-7-15(2)29-18-11-8-16(9-12-18)25-17-10-13-20(26(27)28)19(14-17)21(22,23)24/h3-7,10,13-14,16,18,25H,8-9,11-12H2,1-2H3/b4-3+,6-5-,15-7+. The molecule has 1 aliphatic rings. The number of halogens is 3. The molecule has 0 spiro atoms. The third-order valence-corrected chi connectivity index (χ3v) is 4.64. The number of benzene rings is 1. The molecule has 1 aliphatic carbocycles. The maximum atomic E-state index is 13.1. The van der Waals surface area contributed by atoms with E-state index >= 15 is 0 Å². The van der Waals surface area contributed by atoms with E-state index in [4.69, 9.17) is 4.74 Å². The number of nitro groups is 1. The van der Waals surface area contributed by atoms with Gasteiger partial charge in [-0.2, -0.15) is 13.2 Å². The van der Waals surface area contributed by atoms with Gasteiger partial charge in [-0.1, -0.05) is 24.3 Å². The molecule has 5 nitrogen and oxygen atoms in total. The van der Waals surface area contributed by atoms with Gasteiger partial charge in [0.15, 0.2) is 0 Å². The van der Waals surface area contributed by atoms with E-state index < -0.39 is 22.4 Å². The van der Waals surface area contributed by atoms with Gasteiger partial charge in [-0.05, 0) is 57.7 Å². The van der Waals surface area contributed by atoms with Crippen LogP contribution in [0.5, 0.6) is 0 Å². The third kappa shape index (κ3) is 6.96. The van der Waals surface area contributed by atoms with Gasteiger partial charge in [0.25, 0.3) is 5.69 Å². The van der Waals surface area contributed by atoms with Crippen molar-refractivity contribution in [2.75, 3.05) is 5.32 Å². The first-order valence-corrected chi connectivity index (χ1v) is 9.45. The summed E-state index contributed by atoms with van der Waals surface area (Å²) < 4.78 is 45.2. The number of nitro benzene ring substituents is 1. The Balaban J connectivity index is 1.93. The van der Waals surface area contributed by atoms with E-state index in [1.54, 1.807) is 0 Å². The van der Waals surface area contributed by atoms with Crippen molar-refractivity contribution in [1.82, 2.24) is 0 Å². The van der Waals surface area contributed by atoms with Crippen LogP contribution in [0.3, 0.4) is 0 Å². The van der Waals surface area contributed by atoms with Gasteiger partial charge in [-0.15, -0.1) is 0 Å². The Morgan fingerprint density at radius 2 is 1.90 bits per heavy atom. The number of ether oxygens (including phenoxy) is 1. The average Bonchev–Trinajstić information content (AvgIpc) is 2.66. The Labute approximate surface area is 168 Å². The van der Waals surface area contributed by atoms with Gasteiger partial charge in [0, 0.05) is 17.8 Å². The van der Waals surface area contributed by atoms with Crippen LogP contribution < -0.4 is 5.32 Å². The molecule has 0 atom stereocenters. The van der Waals surface area contributed by atoms with E-state index in [-0.39, 0.29) is 17.8 Å². The van der Waals surface area contributed by atoms with Crippen LogP contribution >= 0.6 is 0 Å². The largest absolute Gasteiger partial charge is 0.495 e. The Morgan fingerprint density at radius 1 is 1.21 bits per heavy atom. The molecule has 0 amide bonds. The molecule has 1 fully saturated rings. The van der Waals surface area contributed by atoms with E-state index in [9.17, 15) is 23.3 Å². The highest BCUT2D eigenvalue weighted by Gasteiger charge is 2.38. The van der Waals surface area contributed by atoms with E-state index in [1.165, 1.54) is 6.07 Å². The molecule has 29 heavy (non-hydrogen) atoms. The number of allylic oxidation sites excluding steroid dienone is 6. The van der Waals surface area contributed by atoms with Gasteiger partial charge in [0.05, 0.1) is 16.8 Å². The molecular weight excluding hydrogens is 385 g/mol. The highest BCUT2D eigenvalue weighted by Crippen LogP contribution is 2.38. The fraction of sp³-hybridized carbons (Fsp3) is 0.429. The summed E-state index contributed by atoms with van der Waals surface area (Å²) >= 11 is 0. The summed E-state index contributed by atoms with van der Waals surface area (Å²) in [5, 5.41) is 13.9. The van der Waals surface area contributed by atoms with Gasteiger partial charge >= 0.3 is 6.18 Å². The number of rotatable bonds is 7. The van der Waals surface area contributed by atoms with Crippen molar-refractivity contribution in [3.8, 4) is 0 Å². The summed E-state index contributed by atoms with van der Waals surface area (Å²) in [7, 11) is 0. The highest BCUT2D eigenvalue weighted by atomic mass is 19.4. The molecule has 1 N–H and O–H groups in total. The molecule has 0 aliphatic heterocycles. The second kappa shape index (κ2) is 10.1. The zero-order valence-corrected chi connectivity index (χ0v) is 16.4. The SMILES string of the molecule is C/C=C/C=C\C=C(/C)OC1CCC(Nc2ccc([N+](=O)[O-])c(C(F)(F)F)c2)CC1. The molecule has 0 unspecified atom stereocenters. The molecule has 0 radical (unpaired) electrons. The maximum Gasteiger partial charge on any atom is 0.423 e. The normalized spacial score (nSPS) is 20.9. The fourth-order valence-electron chi connectivity index (χ4n) is 3.24. The van der Waals surface area contributed by atoms with Crippen LogP contribution in [0, 0.1) is 10.1 Å². The lowest BCUT2D eigenvalue weighted by Crippen LogP contribution is -2.29. The minimum atomic E-state index is -4.78. The van der Waals surface area contributed by atoms with Gasteiger partial charge in [0.1, 0.15) is 5.56 Å². The second-order valence-corrected chi connectivity index (χ2v) is 6.91. The van der Waals surface area contributed by atoms with E-state index in [0.717, 1.165) is 43.6 Å². The summed E-state index contributed by atoms with van der Waals surface area (Å²) in [6, 6.07) is 3.02. The van der Waals surface area contributed by atoms with Crippen molar-refractivity contribution >= 4 is 11.4 Å². The first-order valence-electron chi connectivity index (χ1n) is 9.45. The van der Waals surface area contributed by atoms with Crippen LogP contribution in [0.4, 0.5) is 24.5 Å². The molecule has 8 heteroatoms. The van der Waals surface area contributed by atoms with Gasteiger partial charge in [-0.25, -0.2) is 0 Å². The number of hydrogen-bond donors (Lipinski definition) is 1. The summed E-state index contributed by atoms with van der Waals surface area (Å²) in [6.45, 7) is 3.82. The van der Waals surface area contributed by atoms with Crippen molar-refractivity contribution in [3.63, 3.8) is 0 Å². The first-order chi connectivity index (χ1) is 13.7. The molecule has 0 bridgehead atoms. The van der Waals surface area contributed by atoms with Gasteiger partial charge < -0.3 is 10.1 Å². The highest BCUT2D eigenvalue weighted by molar-refractivity contribution is 5.55. The Hall–Kier alpha value is -2.77. The average molecular weight is 410 g/mol. The smallest absolute Gasteiger partial charge is 0.423 e. The van der Waals surface area contributed by atoms with Crippen molar-refractivity contribution < 1.29 is 22.8 Å². The summed E-state index contributed by atoms with van der Waals surface area (Å²) in [6.07, 6.45) is 7.87. The number of alkyl halides is 3. The minimum absolute atomic E-state index is 0.00346. The van der Waals surface area contributed by atoms with Crippen LogP contribution in [0.15, 0.2) is 54.3 Å². The molecule has 0 saturated heterocycles. The molecule has 0 aromatic heterocycles. The Kier molecular flexibility index (Phi) is 7.87. The fourth-order valence-corrected chi connectivity index (χ4v) is 3.24. The van der Waals surface area contributed by atoms with Crippen LogP contribution in [0.25, 0.3) is 0 Å². The molecule has 0 heterocycles. The number of nitrogens with zero attached hydrogens (tertiary/aromatic N) is 1. The topological polar surface area (TPSA) is 64.4 Å². The summed E-state index contributed by atoms with van der Waals surface area (Å²) in [5.74, 6) is 0.812. The second-order valence-electron chi connectivity index (χ2n) is 6.91. The lowest BCUT2D eigenvalue weighted by Gasteiger charge is -2.30. The third-order valence-electron chi connectivity index (χ3n) is 4.64. The molecule has 1 aromatic carbocycles. The number of anilines is 1. The van der Waals surface area contributed by atoms with Crippen LogP contribution in [-0.4, -0.2) is 17.1 Å². The minimum Gasteiger partial charge on any atom is -0.495 e. The Bertz CT molecular complexity index is 793. The van der Waals surface area contributed by atoms with Gasteiger partial charge in [0.2, 0.25) is 0 Å². The van der Waals surface area contributed by atoms with Crippen molar-refractivity contribution in [1.29, 1.82) is 0 Å². The number of hydrogen-bond acceptors (Lipinski definition) is 4. The van der Waals surface area contributed by atoms with E-state index in [0.29, 0.717) is 0 Å². The Morgan fingerprint density at radius 3 is 2.48 bits per heavy atom. The van der Waals surface area contributed by atoms with Crippen LogP contribution in [-0.2, 0) is 10.9 Å². The molecule has 1 aromatic rings. The van der Waals surface area contributed by atoms with E-state index in [1.807, 2.05) is 44.2 Å². The first kappa shape index (κ1) is 22.5. The summed E-state index contributed by atoms with van der Waals surface area (Å²) in [5.41, 5.74) is -1.94. The van der Waals surface area contributed by atoms with E-state index in [2.05, 4.69) is 5.32 Å². The molecule has 1 saturated carbocycles. The molecular formula is C21H25F3N2O3. The zero-order valence-electron chi connectivity index (χ0n) is 16.4. The van der Waals surface area contributed by atoms with Crippen LogP contribution in [0.2, 0.25) is 0 Å². The van der Waals surface area contributed by atoms with Crippen LogP contribution in [0.1, 0.15) is 45.1 Å². The monoisotopic (exact) mass is 410 g/mol. The van der Waals surface area contributed by atoms with Crippen molar-refractivity contribution in [2.24, 2.45) is 0 Å². The summed E-state index contributed by atoms with van der Waals surface area (Å²) in [4.78, 5) is 9.84.